The van der Waals surface area contributed by atoms with Crippen LogP contribution in [0.1, 0.15) is 39.5 Å². The summed E-state index contributed by atoms with van der Waals surface area (Å²) < 4.78 is 4.84. The monoisotopic (exact) mass is 230 g/mol. The highest BCUT2D eigenvalue weighted by molar-refractivity contribution is 5.80. The lowest BCUT2D eigenvalue weighted by Crippen LogP contribution is -2.39. The third-order valence-electron chi connectivity index (χ3n) is 2.15. The lowest BCUT2D eigenvalue weighted by Gasteiger charge is -2.20. The summed E-state index contributed by atoms with van der Waals surface area (Å²) in [6.07, 6.45) is 3.73. The van der Waals surface area contributed by atoms with Gasteiger partial charge in [-0.2, -0.15) is 0 Å². The Bertz CT molecular complexity index is 219. The number of hydrogen-bond donors (Lipinski definition) is 1. The van der Waals surface area contributed by atoms with Gasteiger partial charge in [0.25, 0.3) is 0 Å². The molecule has 94 valence electrons. The molecule has 0 aliphatic carbocycles. The van der Waals surface area contributed by atoms with E-state index in [1.807, 2.05) is 0 Å². The van der Waals surface area contributed by atoms with E-state index in [1.165, 1.54) is 4.90 Å². The minimum absolute atomic E-state index is 0.0645. The van der Waals surface area contributed by atoms with Crippen molar-refractivity contribution < 1.29 is 14.3 Å². The lowest BCUT2D eigenvalue weighted by molar-refractivity contribution is -0.118. The van der Waals surface area contributed by atoms with E-state index in [0.717, 1.165) is 25.7 Å². The number of primary amides is 1. The number of carbonyl (C=O) groups excluding carboxylic acids is 2. The van der Waals surface area contributed by atoms with Gasteiger partial charge in [0, 0.05) is 6.54 Å². The van der Waals surface area contributed by atoms with Crippen LogP contribution in [-0.2, 0) is 9.53 Å². The Morgan fingerprint density at radius 1 is 1.19 bits per heavy atom. The van der Waals surface area contributed by atoms with E-state index in [9.17, 15) is 9.59 Å². The maximum Gasteiger partial charge on any atom is 0.410 e. The van der Waals surface area contributed by atoms with Crippen LogP contribution in [0.4, 0.5) is 4.79 Å². The Morgan fingerprint density at radius 3 is 2.38 bits per heavy atom. The van der Waals surface area contributed by atoms with Crippen LogP contribution in [0.2, 0.25) is 0 Å². The maximum atomic E-state index is 11.4. The van der Waals surface area contributed by atoms with Crippen LogP contribution in [0.25, 0.3) is 0 Å². The molecule has 0 aliphatic heterocycles. The topological polar surface area (TPSA) is 72.6 Å². The molecule has 0 spiro atoms. The van der Waals surface area contributed by atoms with Crippen molar-refractivity contribution in [2.24, 2.45) is 5.73 Å². The van der Waals surface area contributed by atoms with Crippen LogP contribution < -0.4 is 5.73 Å². The standard InChI is InChI=1S/C11H22N2O3/c1-3-5-6-7-8-13(9-10(12)14)11(15)16-4-2/h3-9H2,1-2H3,(H2,12,14). The number of nitrogens with zero attached hydrogens (tertiary/aromatic N) is 1. The maximum absolute atomic E-state index is 11.4. The number of rotatable bonds is 8. The van der Waals surface area contributed by atoms with Crippen LogP contribution in [-0.4, -0.2) is 36.6 Å². The van der Waals surface area contributed by atoms with Gasteiger partial charge in [0.2, 0.25) is 5.91 Å². The molecule has 0 heterocycles. The van der Waals surface area contributed by atoms with Gasteiger partial charge in [0.1, 0.15) is 6.54 Å². The first-order valence-electron chi connectivity index (χ1n) is 5.81. The summed E-state index contributed by atoms with van der Waals surface area (Å²) >= 11 is 0. The molecule has 0 unspecified atom stereocenters. The molecule has 0 radical (unpaired) electrons. The molecule has 0 aromatic rings. The van der Waals surface area contributed by atoms with Crippen molar-refractivity contribution in [1.29, 1.82) is 0 Å². The largest absolute Gasteiger partial charge is 0.450 e. The van der Waals surface area contributed by atoms with Crippen LogP contribution in [0, 0.1) is 0 Å². The normalized spacial score (nSPS) is 9.88. The Morgan fingerprint density at radius 2 is 1.88 bits per heavy atom. The SMILES string of the molecule is CCCCCCN(CC(N)=O)C(=O)OCC. The molecule has 0 saturated heterocycles. The second-order valence-corrected chi connectivity index (χ2v) is 3.65. The van der Waals surface area contributed by atoms with Crippen LogP contribution >= 0.6 is 0 Å². The molecule has 5 nitrogen and oxygen atoms in total. The minimum Gasteiger partial charge on any atom is -0.450 e. The number of nitrogens with two attached hydrogens (primary N) is 1. The Balaban J connectivity index is 3.99. The highest BCUT2D eigenvalue weighted by Gasteiger charge is 2.15. The van der Waals surface area contributed by atoms with Gasteiger partial charge in [0.05, 0.1) is 6.61 Å². The van der Waals surface area contributed by atoms with Gasteiger partial charge in [-0.3, -0.25) is 9.69 Å². The fourth-order valence-corrected chi connectivity index (χ4v) is 1.37. The number of amides is 2. The average molecular weight is 230 g/mol. The molecular formula is C11H22N2O3. The predicted octanol–water partition coefficient (Wildman–Crippen LogP) is 1.51. The molecule has 2 amide bonds. The van der Waals surface area contributed by atoms with Gasteiger partial charge < -0.3 is 10.5 Å². The molecule has 0 atom stereocenters. The Kier molecular flexibility index (Phi) is 8.29. The third kappa shape index (κ3) is 7.09. The van der Waals surface area contributed by atoms with E-state index in [4.69, 9.17) is 10.5 Å². The van der Waals surface area contributed by atoms with E-state index in [0.29, 0.717) is 13.2 Å². The van der Waals surface area contributed by atoms with Gasteiger partial charge >= 0.3 is 6.09 Å². The van der Waals surface area contributed by atoms with Crippen LogP contribution in [0.15, 0.2) is 0 Å². The highest BCUT2D eigenvalue weighted by atomic mass is 16.6. The second-order valence-electron chi connectivity index (χ2n) is 3.65. The summed E-state index contributed by atoms with van der Waals surface area (Å²) in [7, 11) is 0. The first-order chi connectivity index (χ1) is 7.61. The highest BCUT2D eigenvalue weighted by Crippen LogP contribution is 2.02. The Labute approximate surface area is 96.9 Å². The minimum atomic E-state index is -0.511. The molecule has 5 heteroatoms. The van der Waals surface area contributed by atoms with Crippen molar-refractivity contribution in [1.82, 2.24) is 4.90 Å². The fraction of sp³-hybridized carbons (Fsp3) is 0.818. The zero-order valence-corrected chi connectivity index (χ0v) is 10.2. The zero-order valence-electron chi connectivity index (χ0n) is 10.2. The molecule has 0 aliphatic rings. The fourth-order valence-electron chi connectivity index (χ4n) is 1.37. The summed E-state index contributed by atoms with van der Waals surface area (Å²) in [5.41, 5.74) is 5.07. The summed E-state index contributed by atoms with van der Waals surface area (Å²) in [6.45, 7) is 4.62. The van der Waals surface area contributed by atoms with Crippen molar-refractivity contribution in [3.8, 4) is 0 Å². The molecule has 0 aromatic heterocycles. The summed E-state index contributed by atoms with van der Waals surface area (Å²) in [5, 5.41) is 0. The van der Waals surface area contributed by atoms with E-state index in [2.05, 4.69) is 6.92 Å². The molecular weight excluding hydrogens is 208 g/mol. The van der Waals surface area contributed by atoms with Crippen molar-refractivity contribution in [2.75, 3.05) is 19.7 Å². The van der Waals surface area contributed by atoms with Gasteiger partial charge in [-0.25, -0.2) is 4.79 Å². The molecule has 0 saturated carbocycles. The summed E-state index contributed by atoms with van der Waals surface area (Å²) in [5.74, 6) is -0.511. The van der Waals surface area contributed by atoms with Gasteiger partial charge in [0.15, 0.2) is 0 Å². The van der Waals surface area contributed by atoms with E-state index < -0.39 is 12.0 Å². The number of unbranched alkanes of at least 4 members (excludes halogenated alkanes) is 3. The van der Waals surface area contributed by atoms with Gasteiger partial charge in [-0.1, -0.05) is 26.2 Å². The van der Waals surface area contributed by atoms with Crippen molar-refractivity contribution in [2.45, 2.75) is 39.5 Å². The molecule has 16 heavy (non-hydrogen) atoms. The van der Waals surface area contributed by atoms with Crippen molar-refractivity contribution in [3.63, 3.8) is 0 Å². The summed E-state index contributed by atoms with van der Waals surface area (Å²) in [4.78, 5) is 23.6. The number of carbonyl (C=O) groups is 2. The zero-order chi connectivity index (χ0) is 12.4. The van der Waals surface area contributed by atoms with Crippen molar-refractivity contribution in [3.05, 3.63) is 0 Å². The lowest BCUT2D eigenvalue weighted by atomic mass is 10.2. The Hall–Kier alpha value is -1.26. The predicted molar refractivity (Wildman–Crippen MR) is 61.9 cm³/mol. The van der Waals surface area contributed by atoms with Crippen LogP contribution in [0.5, 0.6) is 0 Å². The molecule has 0 fully saturated rings. The average Bonchev–Trinajstić information content (AvgIpc) is 2.22. The molecule has 0 rings (SSSR count). The molecule has 0 aromatic carbocycles. The quantitative estimate of drug-likeness (QED) is 0.642. The number of ether oxygens (including phenoxy) is 1. The molecule has 2 N–H and O–H groups in total. The first-order valence-corrected chi connectivity index (χ1v) is 5.81. The van der Waals surface area contributed by atoms with E-state index >= 15 is 0 Å². The second kappa shape index (κ2) is 9.00. The smallest absolute Gasteiger partial charge is 0.410 e. The van der Waals surface area contributed by atoms with Gasteiger partial charge in [-0.05, 0) is 13.3 Å². The first kappa shape index (κ1) is 14.7. The van der Waals surface area contributed by atoms with Crippen LogP contribution in [0.3, 0.4) is 0 Å². The van der Waals surface area contributed by atoms with Crippen molar-refractivity contribution >= 4 is 12.0 Å². The number of hydrogen-bond acceptors (Lipinski definition) is 3. The van der Waals surface area contributed by atoms with E-state index in [-0.39, 0.29) is 6.54 Å². The van der Waals surface area contributed by atoms with Gasteiger partial charge in [-0.15, -0.1) is 0 Å². The third-order valence-corrected chi connectivity index (χ3v) is 2.15. The van der Waals surface area contributed by atoms with E-state index in [1.54, 1.807) is 6.92 Å². The summed E-state index contributed by atoms with van der Waals surface area (Å²) in [6, 6.07) is 0. The molecule has 0 bridgehead atoms.